The van der Waals surface area contributed by atoms with Crippen LogP contribution >= 0.6 is 11.3 Å². The highest BCUT2D eigenvalue weighted by Crippen LogP contribution is 2.49. The Morgan fingerprint density at radius 2 is 1.29 bits per heavy atom. The molecule has 1 nitrogen and oxygen atoms in total. The third-order valence-corrected chi connectivity index (χ3v) is 9.15. The second-order valence-corrected chi connectivity index (χ2v) is 11.4. The smallest absolute Gasteiger partial charge is 0.0479 e. The molecule has 1 aliphatic carbocycles. The molecule has 5 aromatic carbocycles. The van der Waals surface area contributed by atoms with Gasteiger partial charge in [-0.2, -0.15) is 0 Å². The van der Waals surface area contributed by atoms with Gasteiger partial charge in [-0.1, -0.05) is 74.5 Å². The maximum absolute atomic E-state index is 3.67. The van der Waals surface area contributed by atoms with Crippen LogP contribution in [0.5, 0.6) is 0 Å². The van der Waals surface area contributed by atoms with Crippen LogP contribution in [0.2, 0.25) is 0 Å². The molecule has 2 heterocycles. The molecule has 8 rings (SSSR count). The summed E-state index contributed by atoms with van der Waals surface area (Å²) >= 11 is 1.87. The van der Waals surface area contributed by atoms with E-state index < -0.39 is 0 Å². The Labute approximate surface area is 207 Å². The Bertz CT molecular complexity index is 1980. The van der Waals surface area contributed by atoms with Gasteiger partial charge in [-0.25, -0.2) is 0 Å². The number of H-pyrrole nitrogens is 1. The summed E-state index contributed by atoms with van der Waals surface area (Å²) in [6, 6.07) is 36.2. The lowest BCUT2D eigenvalue weighted by Crippen LogP contribution is -2.14. The Balaban J connectivity index is 1.33. The molecular formula is C33H23NS. The quantitative estimate of drug-likeness (QED) is 0.248. The zero-order valence-corrected chi connectivity index (χ0v) is 20.5. The summed E-state index contributed by atoms with van der Waals surface area (Å²) < 4.78 is 2.69. The van der Waals surface area contributed by atoms with Crippen molar-refractivity contribution in [2.24, 2.45) is 0 Å². The molecule has 2 heteroatoms. The van der Waals surface area contributed by atoms with E-state index in [1.54, 1.807) is 0 Å². The van der Waals surface area contributed by atoms with Crippen molar-refractivity contribution in [3.8, 4) is 22.3 Å². The molecule has 0 bridgehead atoms. The van der Waals surface area contributed by atoms with Gasteiger partial charge < -0.3 is 4.98 Å². The highest BCUT2D eigenvalue weighted by atomic mass is 32.1. The number of fused-ring (bicyclic) bond motifs is 9. The summed E-state index contributed by atoms with van der Waals surface area (Å²) in [5, 5.41) is 5.28. The normalized spacial score (nSPS) is 14.2. The van der Waals surface area contributed by atoms with E-state index in [9.17, 15) is 0 Å². The minimum Gasteiger partial charge on any atom is -0.354 e. The average Bonchev–Trinajstić information content (AvgIpc) is 3.50. The van der Waals surface area contributed by atoms with E-state index in [0.717, 1.165) is 0 Å². The summed E-state index contributed by atoms with van der Waals surface area (Å²) in [6.45, 7) is 4.70. The fourth-order valence-electron chi connectivity index (χ4n) is 6.18. The van der Waals surface area contributed by atoms with E-state index in [2.05, 4.69) is 116 Å². The van der Waals surface area contributed by atoms with Crippen LogP contribution in [-0.4, -0.2) is 4.98 Å². The lowest BCUT2D eigenvalue weighted by atomic mass is 9.81. The first-order chi connectivity index (χ1) is 17.1. The number of hydrogen-bond donors (Lipinski definition) is 1. The predicted octanol–water partition coefficient (Wildman–Crippen LogP) is 9.66. The third kappa shape index (κ3) is 2.58. The standard InChI is InChI=1S/C33H23NS/c1-33(2)27-9-5-3-7-21(27)22-13-11-20(16-28(22)33)19-12-14-29-24(15-19)25-17-26-23-8-4-6-10-31(23)35-32(26)18-30(25)34-29/h3-18,34H,1-2H3. The molecule has 7 aromatic rings. The van der Waals surface area contributed by atoms with E-state index in [1.165, 1.54) is 75.4 Å². The van der Waals surface area contributed by atoms with Crippen LogP contribution in [-0.2, 0) is 5.41 Å². The monoisotopic (exact) mass is 465 g/mol. The lowest BCUT2D eigenvalue weighted by molar-refractivity contribution is 0.660. The van der Waals surface area contributed by atoms with Gasteiger partial charge in [-0.05, 0) is 69.8 Å². The van der Waals surface area contributed by atoms with E-state index in [1.807, 2.05) is 11.3 Å². The molecule has 1 aliphatic rings. The highest BCUT2D eigenvalue weighted by molar-refractivity contribution is 7.25. The molecule has 0 spiro atoms. The molecule has 2 aromatic heterocycles. The largest absolute Gasteiger partial charge is 0.354 e. The van der Waals surface area contributed by atoms with Crippen molar-refractivity contribution in [1.29, 1.82) is 0 Å². The molecule has 0 aliphatic heterocycles. The molecular weight excluding hydrogens is 442 g/mol. The fraction of sp³-hybridized carbons (Fsp3) is 0.0909. The zero-order valence-electron chi connectivity index (χ0n) is 19.6. The summed E-state index contributed by atoms with van der Waals surface area (Å²) in [6.07, 6.45) is 0. The molecule has 0 atom stereocenters. The van der Waals surface area contributed by atoms with Crippen LogP contribution < -0.4 is 0 Å². The second kappa shape index (κ2) is 6.62. The molecule has 166 valence electrons. The van der Waals surface area contributed by atoms with Crippen molar-refractivity contribution in [3.63, 3.8) is 0 Å². The first-order valence-electron chi connectivity index (χ1n) is 12.2. The van der Waals surface area contributed by atoms with Gasteiger partial charge in [0.2, 0.25) is 0 Å². The SMILES string of the molecule is CC1(C)c2ccccc2-c2ccc(-c3ccc4[nH]c5cc6sc7ccccc7c6cc5c4c3)cc21. The molecule has 0 saturated carbocycles. The van der Waals surface area contributed by atoms with Gasteiger partial charge >= 0.3 is 0 Å². The average molecular weight is 466 g/mol. The van der Waals surface area contributed by atoms with Crippen LogP contribution in [0.1, 0.15) is 25.0 Å². The molecule has 0 saturated heterocycles. The van der Waals surface area contributed by atoms with Crippen LogP contribution in [0.4, 0.5) is 0 Å². The van der Waals surface area contributed by atoms with Crippen molar-refractivity contribution in [2.45, 2.75) is 19.3 Å². The molecule has 1 N–H and O–H groups in total. The van der Waals surface area contributed by atoms with Crippen molar-refractivity contribution in [1.82, 2.24) is 4.98 Å². The van der Waals surface area contributed by atoms with Crippen molar-refractivity contribution >= 4 is 53.3 Å². The number of hydrogen-bond acceptors (Lipinski definition) is 1. The van der Waals surface area contributed by atoms with Crippen molar-refractivity contribution in [3.05, 3.63) is 108 Å². The predicted molar refractivity (Wildman–Crippen MR) is 152 cm³/mol. The Hall–Kier alpha value is -3.88. The van der Waals surface area contributed by atoms with Crippen LogP contribution in [0, 0.1) is 0 Å². The molecule has 0 unspecified atom stereocenters. The maximum Gasteiger partial charge on any atom is 0.0479 e. The van der Waals surface area contributed by atoms with Gasteiger partial charge in [0.1, 0.15) is 0 Å². The van der Waals surface area contributed by atoms with E-state index in [0.29, 0.717) is 0 Å². The Morgan fingerprint density at radius 1 is 0.543 bits per heavy atom. The molecule has 35 heavy (non-hydrogen) atoms. The minimum absolute atomic E-state index is 0.0123. The van der Waals surface area contributed by atoms with Crippen molar-refractivity contribution in [2.75, 3.05) is 0 Å². The fourth-order valence-corrected chi connectivity index (χ4v) is 7.31. The van der Waals surface area contributed by atoms with E-state index in [-0.39, 0.29) is 5.41 Å². The number of thiophene rings is 1. The summed E-state index contributed by atoms with van der Waals surface area (Å²) in [4.78, 5) is 3.67. The lowest BCUT2D eigenvalue weighted by Gasteiger charge is -2.22. The van der Waals surface area contributed by atoms with Gasteiger partial charge in [0.25, 0.3) is 0 Å². The Kier molecular flexibility index (Phi) is 3.67. The molecule has 0 fully saturated rings. The van der Waals surface area contributed by atoms with Crippen LogP contribution in [0.25, 0.3) is 64.2 Å². The second-order valence-electron chi connectivity index (χ2n) is 10.3. The van der Waals surface area contributed by atoms with Crippen LogP contribution in [0.3, 0.4) is 0 Å². The maximum atomic E-state index is 3.67. The van der Waals surface area contributed by atoms with Crippen LogP contribution in [0.15, 0.2) is 97.1 Å². The van der Waals surface area contributed by atoms with Gasteiger partial charge in [0, 0.05) is 47.4 Å². The van der Waals surface area contributed by atoms with Gasteiger partial charge in [-0.15, -0.1) is 11.3 Å². The number of benzene rings is 5. The number of nitrogens with one attached hydrogen (secondary N) is 1. The number of aromatic amines is 1. The molecule has 0 radical (unpaired) electrons. The van der Waals surface area contributed by atoms with Crippen molar-refractivity contribution < 1.29 is 0 Å². The number of aromatic nitrogens is 1. The first-order valence-corrected chi connectivity index (χ1v) is 13.0. The van der Waals surface area contributed by atoms with E-state index >= 15 is 0 Å². The van der Waals surface area contributed by atoms with Gasteiger partial charge in [-0.3, -0.25) is 0 Å². The van der Waals surface area contributed by atoms with Gasteiger partial charge in [0.15, 0.2) is 0 Å². The van der Waals surface area contributed by atoms with E-state index in [4.69, 9.17) is 0 Å². The Morgan fingerprint density at radius 3 is 2.23 bits per heavy atom. The first kappa shape index (κ1) is 19.4. The summed E-state index contributed by atoms with van der Waals surface area (Å²) in [5.74, 6) is 0. The summed E-state index contributed by atoms with van der Waals surface area (Å²) in [5.41, 5.74) is 10.5. The minimum atomic E-state index is 0.0123. The number of rotatable bonds is 1. The zero-order chi connectivity index (χ0) is 23.3. The summed E-state index contributed by atoms with van der Waals surface area (Å²) in [7, 11) is 0. The van der Waals surface area contributed by atoms with Gasteiger partial charge in [0.05, 0.1) is 0 Å². The molecule has 0 amide bonds. The third-order valence-electron chi connectivity index (χ3n) is 8.01. The highest BCUT2D eigenvalue weighted by Gasteiger charge is 2.35. The topological polar surface area (TPSA) is 15.8 Å².